The van der Waals surface area contributed by atoms with E-state index in [1.54, 1.807) is 13.2 Å². The first-order valence-corrected chi connectivity index (χ1v) is 13.4. The second kappa shape index (κ2) is 14.3. The van der Waals surface area contributed by atoms with Crippen LogP contribution in [0.15, 0.2) is 12.3 Å². The van der Waals surface area contributed by atoms with Crippen LogP contribution in [0.3, 0.4) is 0 Å². The first-order chi connectivity index (χ1) is 17.8. The monoisotopic (exact) mass is 519 g/mol. The van der Waals surface area contributed by atoms with Crippen LogP contribution in [0.2, 0.25) is 0 Å². The lowest BCUT2D eigenvalue weighted by Gasteiger charge is -2.34. The van der Waals surface area contributed by atoms with Gasteiger partial charge in [-0.1, -0.05) is 38.5 Å². The summed E-state index contributed by atoms with van der Waals surface area (Å²) in [4.78, 5) is 41.8. The number of ketones is 1. The third-order valence-corrected chi connectivity index (χ3v) is 7.57. The van der Waals surface area contributed by atoms with Crippen LogP contribution < -0.4 is 9.47 Å². The van der Waals surface area contributed by atoms with Crippen LogP contribution in [-0.4, -0.2) is 55.9 Å². The Morgan fingerprint density at radius 3 is 2.46 bits per heavy atom. The Kier molecular flexibility index (Phi) is 11.2. The zero-order chi connectivity index (χ0) is 26.8. The van der Waals surface area contributed by atoms with Crippen LogP contribution in [0.5, 0.6) is 11.5 Å². The molecule has 9 heteroatoms. The highest BCUT2D eigenvalue weighted by molar-refractivity contribution is 5.99. The number of carbonyl (C=O) groups is 3. The molecule has 0 amide bonds. The molecule has 206 valence electrons. The van der Waals surface area contributed by atoms with E-state index in [2.05, 4.69) is 4.98 Å². The van der Waals surface area contributed by atoms with E-state index < -0.39 is 24.0 Å². The highest BCUT2D eigenvalue weighted by atomic mass is 16.7. The number of hydrogen-bond acceptors (Lipinski definition) is 9. The van der Waals surface area contributed by atoms with Gasteiger partial charge < -0.3 is 23.7 Å². The van der Waals surface area contributed by atoms with Gasteiger partial charge in [0, 0.05) is 32.7 Å². The predicted molar refractivity (Wildman–Crippen MR) is 135 cm³/mol. The Morgan fingerprint density at radius 2 is 1.78 bits per heavy atom. The molecule has 1 aromatic rings. The standard InChI is InChI=1S/C28H41NO8/c1-18-26(34-4)21(15-20-9-5-6-10-20)11-7-8-12-22(28(32)37-18)16-23(31)25-27(36-17-35-19(2)30)24(33-3)13-14-29-25/h13-14,18,20-22,26H,5-12,15-17H2,1-4H3/t18-,21+,22+,26-/m0/s1. The molecule has 1 aromatic heterocycles. The van der Waals surface area contributed by atoms with Gasteiger partial charge in [0.1, 0.15) is 6.10 Å². The van der Waals surface area contributed by atoms with Crippen molar-refractivity contribution in [3.63, 3.8) is 0 Å². The minimum absolute atomic E-state index is 0.0239. The van der Waals surface area contributed by atoms with Crippen molar-refractivity contribution in [2.24, 2.45) is 17.8 Å². The molecule has 1 saturated heterocycles. The van der Waals surface area contributed by atoms with Crippen LogP contribution in [0.4, 0.5) is 0 Å². The van der Waals surface area contributed by atoms with E-state index in [-0.39, 0.29) is 42.3 Å². The van der Waals surface area contributed by atoms with E-state index in [0.29, 0.717) is 12.3 Å². The van der Waals surface area contributed by atoms with Gasteiger partial charge in [-0.3, -0.25) is 14.4 Å². The lowest BCUT2D eigenvalue weighted by Crippen LogP contribution is -2.39. The molecule has 4 atom stereocenters. The van der Waals surface area contributed by atoms with Gasteiger partial charge in [-0.2, -0.15) is 0 Å². The minimum Gasteiger partial charge on any atom is -0.493 e. The summed E-state index contributed by atoms with van der Waals surface area (Å²) < 4.78 is 27.4. The normalized spacial score (nSPS) is 25.2. The van der Waals surface area contributed by atoms with Gasteiger partial charge in [0.2, 0.25) is 6.79 Å². The zero-order valence-corrected chi connectivity index (χ0v) is 22.5. The molecule has 2 fully saturated rings. The highest BCUT2D eigenvalue weighted by Crippen LogP contribution is 2.37. The average molecular weight is 520 g/mol. The Hall–Kier alpha value is -2.68. The number of cyclic esters (lactones) is 1. The Morgan fingerprint density at radius 1 is 1.08 bits per heavy atom. The summed E-state index contributed by atoms with van der Waals surface area (Å²) in [7, 11) is 3.13. The molecule has 0 N–H and O–H groups in total. The van der Waals surface area contributed by atoms with Gasteiger partial charge >= 0.3 is 11.9 Å². The van der Waals surface area contributed by atoms with Crippen molar-refractivity contribution in [2.45, 2.75) is 90.3 Å². The summed E-state index contributed by atoms with van der Waals surface area (Å²) in [5.41, 5.74) is 0.0239. The van der Waals surface area contributed by atoms with Gasteiger partial charge in [0.15, 0.2) is 23.0 Å². The van der Waals surface area contributed by atoms with Crippen LogP contribution in [-0.2, 0) is 23.8 Å². The van der Waals surface area contributed by atoms with Crippen molar-refractivity contribution >= 4 is 17.7 Å². The van der Waals surface area contributed by atoms with E-state index in [4.69, 9.17) is 23.7 Å². The summed E-state index contributed by atoms with van der Waals surface area (Å²) >= 11 is 0. The number of hydrogen-bond donors (Lipinski definition) is 0. The molecule has 2 aliphatic rings. The van der Waals surface area contributed by atoms with E-state index in [1.807, 2.05) is 6.92 Å². The molecular formula is C28H41NO8. The second-order valence-electron chi connectivity index (χ2n) is 10.2. The van der Waals surface area contributed by atoms with Crippen LogP contribution in [0, 0.1) is 17.8 Å². The van der Waals surface area contributed by atoms with Crippen molar-refractivity contribution < 1.29 is 38.1 Å². The van der Waals surface area contributed by atoms with Crippen LogP contribution in [0.1, 0.15) is 88.5 Å². The number of ether oxygens (including phenoxy) is 5. The molecular weight excluding hydrogens is 478 g/mol. The summed E-state index contributed by atoms with van der Waals surface area (Å²) in [6.07, 6.45) is 10.4. The van der Waals surface area contributed by atoms with Crippen molar-refractivity contribution in [1.82, 2.24) is 4.98 Å². The van der Waals surface area contributed by atoms with E-state index in [0.717, 1.165) is 31.6 Å². The fourth-order valence-electron chi connectivity index (χ4n) is 5.73. The maximum absolute atomic E-state index is 13.3. The van der Waals surface area contributed by atoms with Gasteiger partial charge in [0.25, 0.3) is 0 Å². The summed E-state index contributed by atoms with van der Waals surface area (Å²) in [5.74, 6) is -0.447. The molecule has 1 aliphatic carbocycles. The fraction of sp³-hybridized carbons (Fsp3) is 0.714. The lowest BCUT2D eigenvalue weighted by molar-refractivity contribution is -0.164. The summed E-state index contributed by atoms with van der Waals surface area (Å²) in [6, 6.07) is 1.55. The molecule has 0 unspecified atom stereocenters. The van der Waals surface area contributed by atoms with Crippen LogP contribution >= 0.6 is 0 Å². The molecule has 1 saturated carbocycles. The number of carbonyl (C=O) groups excluding carboxylic acids is 3. The number of pyridine rings is 1. The lowest BCUT2D eigenvalue weighted by atomic mass is 9.82. The largest absolute Gasteiger partial charge is 0.493 e. The molecule has 37 heavy (non-hydrogen) atoms. The smallest absolute Gasteiger partial charge is 0.309 e. The first-order valence-electron chi connectivity index (χ1n) is 13.4. The quantitative estimate of drug-likeness (QED) is 0.242. The van der Waals surface area contributed by atoms with Crippen molar-refractivity contribution in [3.8, 4) is 11.5 Å². The minimum atomic E-state index is -0.604. The Balaban J connectivity index is 1.70. The molecule has 0 radical (unpaired) electrons. The molecule has 1 aliphatic heterocycles. The third-order valence-electron chi connectivity index (χ3n) is 7.57. The molecule has 0 aromatic carbocycles. The predicted octanol–water partition coefficient (Wildman–Crippen LogP) is 4.90. The average Bonchev–Trinajstić information content (AvgIpc) is 3.38. The van der Waals surface area contributed by atoms with Gasteiger partial charge in [-0.15, -0.1) is 0 Å². The molecule has 0 bridgehead atoms. The fourth-order valence-corrected chi connectivity index (χ4v) is 5.73. The Bertz CT molecular complexity index is 913. The highest BCUT2D eigenvalue weighted by Gasteiger charge is 2.35. The Labute approximate surface area is 219 Å². The number of nitrogens with zero attached hydrogens (tertiary/aromatic N) is 1. The second-order valence-corrected chi connectivity index (χ2v) is 10.2. The van der Waals surface area contributed by atoms with Crippen molar-refractivity contribution in [2.75, 3.05) is 21.0 Å². The van der Waals surface area contributed by atoms with E-state index in [1.165, 1.54) is 45.9 Å². The van der Waals surface area contributed by atoms with E-state index >= 15 is 0 Å². The number of esters is 2. The summed E-state index contributed by atoms with van der Waals surface area (Å²) in [6.45, 7) is 2.76. The number of rotatable bonds is 10. The van der Waals surface area contributed by atoms with Crippen molar-refractivity contribution in [1.29, 1.82) is 0 Å². The third kappa shape index (κ3) is 8.15. The molecule has 3 rings (SSSR count). The van der Waals surface area contributed by atoms with Crippen LogP contribution in [0.25, 0.3) is 0 Å². The van der Waals surface area contributed by atoms with Crippen molar-refractivity contribution in [3.05, 3.63) is 18.0 Å². The van der Waals surface area contributed by atoms with Gasteiger partial charge in [-0.25, -0.2) is 4.98 Å². The van der Waals surface area contributed by atoms with Gasteiger partial charge in [0.05, 0.1) is 19.1 Å². The number of aromatic nitrogens is 1. The topological polar surface area (TPSA) is 110 Å². The zero-order valence-electron chi connectivity index (χ0n) is 22.5. The maximum Gasteiger partial charge on any atom is 0.309 e. The first kappa shape index (κ1) is 28.9. The molecule has 9 nitrogen and oxygen atoms in total. The van der Waals surface area contributed by atoms with E-state index in [9.17, 15) is 14.4 Å². The SMILES string of the molecule is COc1ccnc(C(=O)C[C@H]2CCCC[C@H](CC3CCCC3)[C@@H](OC)[C@H](C)OC2=O)c1OCOC(C)=O. The molecule has 0 spiro atoms. The number of Topliss-reactive ketones (excluding diaryl/α,β-unsaturated/α-hetero) is 1. The summed E-state index contributed by atoms with van der Waals surface area (Å²) in [5, 5.41) is 0. The molecule has 2 heterocycles. The maximum atomic E-state index is 13.3. The number of methoxy groups -OCH3 is 2. The van der Waals surface area contributed by atoms with Gasteiger partial charge in [-0.05, 0) is 38.0 Å².